The van der Waals surface area contributed by atoms with Gasteiger partial charge in [0.25, 0.3) is 0 Å². The summed E-state index contributed by atoms with van der Waals surface area (Å²) in [7, 11) is -2.36. The molecule has 0 unspecified atom stereocenters. The molecular weight excluding hydrogens is 309 g/mol. The average Bonchev–Trinajstić information content (AvgIpc) is 2.83. The molecule has 2 heterocycles. The second-order valence-electron chi connectivity index (χ2n) is 4.24. The summed E-state index contributed by atoms with van der Waals surface area (Å²) in [5.41, 5.74) is -1.27. The lowest BCUT2D eigenvalue weighted by Crippen LogP contribution is -2.13. The number of pyridine rings is 1. The molecule has 2 rings (SSSR count). The van der Waals surface area contributed by atoms with Crippen molar-refractivity contribution in [3.8, 4) is 11.5 Å². The molecule has 0 aliphatic heterocycles. The highest BCUT2D eigenvalue weighted by Gasteiger charge is 2.34. The van der Waals surface area contributed by atoms with Crippen LogP contribution in [0.1, 0.15) is 12.5 Å². The summed E-state index contributed by atoms with van der Waals surface area (Å²) in [6.07, 6.45) is -2.79. The minimum absolute atomic E-state index is 0.0794. The van der Waals surface area contributed by atoms with Gasteiger partial charge in [-0.15, -0.1) is 10.2 Å². The molecule has 0 radical (unpaired) electrons. The third kappa shape index (κ3) is 2.89. The predicted octanol–water partition coefficient (Wildman–Crippen LogP) is 1.69. The first-order valence-electron chi connectivity index (χ1n) is 5.81. The van der Waals surface area contributed by atoms with E-state index in [1.165, 1.54) is 24.9 Å². The highest BCUT2D eigenvalue weighted by molar-refractivity contribution is 7.91. The summed E-state index contributed by atoms with van der Waals surface area (Å²) in [4.78, 5) is 3.14. The minimum Gasteiger partial charge on any atom is -0.315 e. The van der Waals surface area contributed by atoms with Crippen LogP contribution in [-0.2, 0) is 23.1 Å². The van der Waals surface area contributed by atoms with E-state index in [1.54, 1.807) is 0 Å². The maximum atomic E-state index is 12.7. The van der Waals surface area contributed by atoms with Gasteiger partial charge in [0.2, 0.25) is 0 Å². The van der Waals surface area contributed by atoms with E-state index in [0.717, 1.165) is 0 Å². The maximum absolute atomic E-state index is 12.7. The van der Waals surface area contributed by atoms with Crippen LogP contribution in [0.15, 0.2) is 23.5 Å². The minimum atomic E-state index is -4.68. The molecular formula is C11H11F3N4O2S. The monoisotopic (exact) mass is 320 g/mol. The summed E-state index contributed by atoms with van der Waals surface area (Å²) in [5.74, 6) is -0.267. The summed E-state index contributed by atoms with van der Waals surface area (Å²) in [5, 5.41) is 7.27. The molecule has 2 aromatic heterocycles. The first-order chi connectivity index (χ1) is 9.66. The van der Waals surface area contributed by atoms with Crippen molar-refractivity contribution >= 4 is 9.84 Å². The lowest BCUT2D eigenvalue weighted by atomic mass is 10.2. The van der Waals surface area contributed by atoms with Crippen molar-refractivity contribution in [2.24, 2.45) is 7.05 Å². The molecule has 21 heavy (non-hydrogen) atoms. The molecule has 0 aliphatic rings. The van der Waals surface area contributed by atoms with Crippen LogP contribution in [0.5, 0.6) is 0 Å². The van der Waals surface area contributed by atoms with Gasteiger partial charge in [-0.3, -0.25) is 4.98 Å². The van der Waals surface area contributed by atoms with Crippen LogP contribution in [-0.4, -0.2) is 33.9 Å². The summed E-state index contributed by atoms with van der Waals surface area (Å²) in [6, 6.07) is 0.579. The molecule has 10 heteroatoms. The number of nitrogens with zero attached hydrogens (tertiary/aromatic N) is 4. The zero-order valence-electron chi connectivity index (χ0n) is 11.1. The molecule has 0 saturated carbocycles. The zero-order valence-corrected chi connectivity index (χ0v) is 11.9. The van der Waals surface area contributed by atoms with Crippen molar-refractivity contribution in [2.75, 3.05) is 5.75 Å². The molecule has 2 aromatic rings. The Hall–Kier alpha value is -1.97. The van der Waals surface area contributed by atoms with Crippen molar-refractivity contribution in [2.45, 2.75) is 18.0 Å². The van der Waals surface area contributed by atoms with Gasteiger partial charge in [0, 0.05) is 13.2 Å². The second-order valence-corrected chi connectivity index (χ2v) is 6.48. The molecule has 0 atom stereocenters. The Morgan fingerprint density at radius 3 is 2.48 bits per heavy atom. The van der Waals surface area contributed by atoms with Crippen LogP contribution < -0.4 is 0 Å². The molecule has 0 fully saturated rings. The smallest absolute Gasteiger partial charge is 0.315 e. The van der Waals surface area contributed by atoms with Gasteiger partial charge in [-0.2, -0.15) is 13.2 Å². The van der Waals surface area contributed by atoms with Gasteiger partial charge < -0.3 is 4.57 Å². The van der Waals surface area contributed by atoms with E-state index in [4.69, 9.17) is 0 Å². The average molecular weight is 320 g/mol. The number of hydrogen-bond donors (Lipinski definition) is 0. The summed E-state index contributed by atoms with van der Waals surface area (Å²) < 4.78 is 63.7. The Kier molecular flexibility index (Phi) is 3.74. The highest BCUT2D eigenvalue weighted by Crippen LogP contribution is 2.33. The molecule has 0 N–H and O–H groups in total. The van der Waals surface area contributed by atoms with Crippen LogP contribution in [0.3, 0.4) is 0 Å². The van der Waals surface area contributed by atoms with E-state index in [9.17, 15) is 21.6 Å². The van der Waals surface area contributed by atoms with Crippen LogP contribution in [0.2, 0.25) is 0 Å². The fraction of sp³-hybridized carbons (Fsp3) is 0.364. The topological polar surface area (TPSA) is 77.7 Å². The van der Waals surface area contributed by atoms with E-state index in [1.807, 2.05) is 0 Å². The summed E-state index contributed by atoms with van der Waals surface area (Å²) in [6.45, 7) is 1.34. The molecule has 114 valence electrons. The van der Waals surface area contributed by atoms with Crippen LogP contribution in [0, 0.1) is 0 Å². The lowest BCUT2D eigenvalue weighted by Gasteiger charge is -2.12. The summed E-state index contributed by atoms with van der Waals surface area (Å²) >= 11 is 0. The Bertz CT molecular complexity index is 768. The lowest BCUT2D eigenvalue weighted by molar-refractivity contribution is -0.138. The zero-order chi connectivity index (χ0) is 15.8. The second kappa shape index (κ2) is 5.10. The van der Waals surface area contributed by atoms with E-state index < -0.39 is 26.5 Å². The number of sulfone groups is 1. The predicted molar refractivity (Wildman–Crippen MR) is 67.0 cm³/mol. The van der Waals surface area contributed by atoms with Gasteiger partial charge in [0.05, 0.1) is 16.2 Å². The Morgan fingerprint density at radius 2 is 2.00 bits per heavy atom. The Labute approximate surface area is 118 Å². The first kappa shape index (κ1) is 15.4. The van der Waals surface area contributed by atoms with Crippen molar-refractivity contribution in [3.63, 3.8) is 0 Å². The van der Waals surface area contributed by atoms with Crippen LogP contribution >= 0.6 is 0 Å². The SMILES string of the molecule is CCS(=O)(=O)c1cc(C(F)(F)F)cnc1-c1nncn1C. The number of hydrogen-bond acceptors (Lipinski definition) is 5. The van der Waals surface area contributed by atoms with Gasteiger partial charge in [0.15, 0.2) is 15.7 Å². The molecule has 0 saturated heterocycles. The van der Waals surface area contributed by atoms with Gasteiger partial charge in [-0.05, 0) is 6.07 Å². The molecule has 0 amide bonds. The largest absolute Gasteiger partial charge is 0.417 e. The number of alkyl halides is 3. The Morgan fingerprint density at radius 1 is 1.33 bits per heavy atom. The number of aryl methyl sites for hydroxylation is 1. The van der Waals surface area contributed by atoms with Crippen molar-refractivity contribution in [1.29, 1.82) is 0 Å². The van der Waals surface area contributed by atoms with Gasteiger partial charge in [-0.25, -0.2) is 8.42 Å². The van der Waals surface area contributed by atoms with E-state index in [-0.39, 0.29) is 17.3 Å². The van der Waals surface area contributed by atoms with E-state index >= 15 is 0 Å². The van der Waals surface area contributed by atoms with Crippen molar-refractivity contribution in [1.82, 2.24) is 19.7 Å². The first-order valence-corrected chi connectivity index (χ1v) is 7.46. The molecule has 0 aliphatic carbocycles. The number of halogens is 3. The van der Waals surface area contributed by atoms with Crippen LogP contribution in [0.25, 0.3) is 11.5 Å². The van der Waals surface area contributed by atoms with E-state index in [0.29, 0.717) is 12.3 Å². The molecule has 0 spiro atoms. The quantitative estimate of drug-likeness (QED) is 0.860. The molecule has 6 nitrogen and oxygen atoms in total. The number of rotatable bonds is 3. The standard InChI is InChI=1S/C11H11F3N4O2S/c1-3-21(19,20)8-4-7(11(12,13)14)5-15-9(8)10-17-16-6-18(10)2/h4-6H,3H2,1-2H3. The molecule has 0 bridgehead atoms. The van der Waals surface area contributed by atoms with Crippen molar-refractivity contribution in [3.05, 3.63) is 24.2 Å². The van der Waals surface area contributed by atoms with Crippen LogP contribution in [0.4, 0.5) is 13.2 Å². The maximum Gasteiger partial charge on any atom is 0.417 e. The highest BCUT2D eigenvalue weighted by atomic mass is 32.2. The Balaban J connectivity index is 2.76. The molecule has 0 aromatic carbocycles. The van der Waals surface area contributed by atoms with Gasteiger partial charge >= 0.3 is 6.18 Å². The normalized spacial score (nSPS) is 12.6. The number of aromatic nitrogens is 4. The van der Waals surface area contributed by atoms with Crippen molar-refractivity contribution < 1.29 is 21.6 Å². The fourth-order valence-electron chi connectivity index (χ4n) is 1.66. The van der Waals surface area contributed by atoms with E-state index in [2.05, 4.69) is 15.2 Å². The third-order valence-corrected chi connectivity index (χ3v) is 4.56. The van der Waals surface area contributed by atoms with Gasteiger partial charge in [-0.1, -0.05) is 6.92 Å². The fourth-order valence-corrected chi connectivity index (χ4v) is 2.71. The third-order valence-electron chi connectivity index (χ3n) is 2.82. The van der Waals surface area contributed by atoms with Gasteiger partial charge in [0.1, 0.15) is 12.0 Å².